The van der Waals surface area contributed by atoms with Crippen molar-refractivity contribution in [1.82, 2.24) is 25.7 Å². The molecule has 238 valence electrons. The summed E-state index contributed by atoms with van der Waals surface area (Å²) in [5.41, 5.74) is 5.78. The molecule has 0 radical (unpaired) electrons. The average molecular weight is 656 g/mol. The highest BCUT2D eigenvalue weighted by Gasteiger charge is 2.28. The van der Waals surface area contributed by atoms with Gasteiger partial charge in [0.05, 0.1) is 24.0 Å². The van der Waals surface area contributed by atoms with Crippen LogP contribution in [0.2, 0.25) is 0 Å². The van der Waals surface area contributed by atoms with Gasteiger partial charge in [-0.3, -0.25) is 10.1 Å². The number of aliphatic hydroxyl groups is 1. The molecule has 0 saturated carbocycles. The average Bonchev–Trinajstić information content (AvgIpc) is 3.74. The van der Waals surface area contributed by atoms with Crippen molar-refractivity contribution in [3.63, 3.8) is 0 Å². The highest BCUT2D eigenvalue weighted by atomic mass is 35.5. The lowest BCUT2D eigenvalue weighted by molar-refractivity contribution is -0.153. The zero-order chi connectivity index (χ0) is 31.2. The lowest BCUT2D eigenvalue weighted by atomic mass is 9.96. The molecule has 2 aliphatic heterocycles. The molecule has 13 heteroatoms. The summed E-state index contributed by atoms with van der Waals surface area (Å²) >= 11 is 7.17. The molecule has 3 N–H and O–H groups in total. The van der Waals surface area contributed by atoms with Crippen LogP contribution in [0.15, 0.2) is 47.8 Å². The molecule has 2 atom stereocenters. The van der Waals surface area contributed by atoms with Gasteiger partial charge in [0.15, 0.2) is 0 Å². The molecule has 10 nitrogen and oxygen atoms in total. The molecule has 4 aromatic rings. The summed E-state index contributed by atoms with van der Waals surface area (Å²) in [5.74, 6) is -0.267. The molecule has 2 unspecified atom stereocenters. The summed E-state index contributed by atoms with van der Waals surface area (Å²) in [6.07, 6.45) is 0.180. The maximum absolute atomic E-state index is 14.3. The second-order valence-electron chi connectivity index (χ2n) is 10.9. The predicted molar refractivity (Wildman–Crippen MR) is 171 cm³/mol. The first kappa shape index (κ1) is 31.7. The molecule has 0 spiro atoms. The van der Waals surface area contributed by atoms with Gasteiger partial charge in [0.1, 0.15) is 35.4 Å². The molecule has 2 aliphatic rings. The van der Waals surface area contributed by atoms with Crippen molar-refractivity contribution in [1.29, 1.82) is 0 Å². The van der Waals surface area contributed by atoms with Gasteiger partial charge in [-0.15, -0.1) is 33.1 Å². The second-order valence-corrected chi connectivity index (χ2v) is 12.1. The van der Waals surface area contributed by atoms with Crippen LogP contribution in [0, 0.1) is 5.82 Å². The Kier molecular flexibility index (Phi) is 10.5. The maximum Gasteiger partial charge on any atom is 0.237 e. The van der Waals surface area contributed by atoms with E-state index in [1.54, 1.807) is 22.3 Å². The van der Waals surface area contributed by atoms with Crippen LogP contribution in [-0.4, -0.2) is 90.5 Å². The number of hydrogen-bond donors (Lipinski definition) is 3. The number of ether oxygens (including phenoxy) is 3. The van der Waals surface area contributed by atoms with E-state index in [0.29, 0.717) is 49.7 Å². The minimum absolute atomic E-state index is 0.0662. The summed E-state index contributed by atoms with van der Waals surface area (Å²) in [6, 6.07) is 12.9. The number of thiophene rings is 1. The predicted octanol–water partition coefficient (Wildman–Crippen LogP) is 3.93. The maximum atomic E-state index is 14.3. The van der Waals surface area contributed by atoms with E-state index in [1.165, 1.54) is 23.3 Å². The van der Waals surface area contributed by atoms with Crippen LogP contribution >= 0.6 is 22.9 Å². The SMILES string of the molecule is O=C(CCl)N1CCC(OC(O)NCCOCCOc2cc(F)ccc2-c2nnc(-c3ccc4c(c3)CCNC4)c3ccsc23)C1. The summed E-state index contributed by atoms with van der Waals surface area (Å²) < 4.78 is 32.4. The second kappa shape index (κ2) is 14.9. The number of aliphatic hydroxyl groups excluding tert-OH is 1. The summed E-state index contributed by atoms with van der Waals surface area (Å²) in [5, 5.41) is 28.6. The number of carbonyl (C=O) groups excluding carboxylic acids is 1. The number of likely N-dealkylation sites (tertiary alicyclic amines) is 1. The first-order valence-corrected chi connectivity index (χ1v) is 16.4. The minimum Gasteiger partial charge on any atom is -0.490 e. The van der Waals surface area contributed by atoms with E-state index in [-0.39, 0.29) is 31.1 Å². The molecule has 0 aliphatic carbocycles. The summed E-state index contributed by atoms with van der Waals surface area (Å²) in [7, 11) is 0. The van der Waals surface area contributed by atoms with E-state index in [0.717, 1.165) is 40.9 Å². The van der Waals surface area contributed by atoms with Crippen LogP contribution in [0.1, 0.15) is 17.5 Å². The van der Waals surface area contributed by atoms with Gasteiger partial charge < -0.3 is 29.5 Å². The number of benzene rings is 2. The van der Waals surface area contributed by atoms with Gasteiger partial charge in [0, 0.05) is 48.8 Å². The van der Waals surface area contributed by atoms with Gasteiger partial charge in [-0.05, 0) is 60.2 Å². The number of rotatable bonds is 13. The number of amides is 1. The Morgan fingerprint density at radius 3 is 2.93 bits per heavy atom. The van der Waals surface area contributed by atoms with Crippen LogP contribution in [0.3, 0.4) is 0 Å². The molecular weight excluding hydrogens is 621 g/mol. The van der Waals surface area contributed by atoms with E-state index in [1.807, 2.05) is 11.4 Å². The fraction of sp³-hybridized carbons (Fsp3) is 0.406. The zero-order valence-corrected chi connectivity index (χ0v) is 26.2. The van der Waals surface area contributed by atoms with Crippen LogP contribution < -0.4 is 15.4 Å². The Labute approximate surface area is 269 Å². The number of nitrogens with zero attached hydrogens (tertiary/aromatic N) is 3. The third-order valence-electron chi connectivity index (χ3n) is 7.93. The van der Waals surface area contributed by atoms with Gasteiger partial charge in [-0.2, -0.15) is 0 Å². The normalized spacial score (nSPS) is 17.0. The monoisotopic (exact) mass is 655 g/mol. The van der Waals surface area contributed by atoms with Gasteiger partial charge in [0.25, 0.3) is 0 Å². The Hall–Kier alpha value is -3.23. The van der Waals surface area contributed by atoms with Gasteiger partial charge in [0.2, 0.25) is 12.3 Å². The molecule has 4 heterocycles. The standard InChI is InChI=1S/C32H35ClFN5O5S/c33-17-28(40)39-10-6-24(19-39)44-32(41)36-9-11-42-12-13-43-27-16-23(34)3-4-25(27)30-31-26(7-14-45-31)29(37-38-30)21-1-2-22-18-35-8-5-20(22)15-21/h1-4,7,14-16,24,32,35-36,41H,5-6,8-13,17-19H2. The van der Waals surface area contributed by atoms with Crippen LogP contribution in [0.25, 0.3) is 32.6 Å². The van der Waals surface area contributed by atoms with Crippen LogP contribution in [-0.2, 0) is 27.2 Å². The smallest absolute Gasteiger partial charge is 0.237 e. The van der Waals surface area contributed by atoms with Crippen LogP contribution in [0.4, 0.5) is 4.39 Å². The Balaban J connectivity index is 1.03. The Bertz CT molecular complexity index is 1640. The van der Waals surface area contributed by atoms with Gasteiger partial charge in [-0.25, -0.2) is 4.39 Å². The number of nitrogens with one attached hydrogen (secondary N) is 2. The van der Waals surface area contributed by atoms with Gasteiger partial charge >= 0.3 is 0 Å². The molecule has 0 bridgehead atoms. The highest BCUT2D eigenvalue weighted by Crippen LogP contribution is 2.39. The topological polar surface area (TPSA) is 118 Å². The van der Waals surface area contributed by atoms with Crippen LogP contribution in [0.5, 0.6) is 5.75 Å². The van der Waals surface area contributed by atoms with E-state index < -0.39 is 12.2 Å². The molecule has 1 saturated heterocycles. The number of halogens is 2. The van der Waals surface area contributed by atoms with Crippen molar-refractivity contribution >= 4 is 38.9 Å². The van der Waals surface area contributed by atoms with Crippen molar-refractivity contribution in [3.8, 4) is 28.3 Å². The van der Waals surface area contributed by atoms with Crippen molar-refractivity contribution in [3.05, 3.63) is 64.8 Å². The van der Waals surface area contributed by atoms with E-state index in [2.05, 4.69) is 39.0 Å². The fourth-order valence-electron chi connectivity index (χ4n) is 5.65. The molecule has 45 heavy (non-hydrogen) atoms. The van der Waals surface area contributed by atoms with E-state index in [9.17, 15) is 14.3 Å². The number of aromatic nitrogens is 2. The van der Waals surface area contributed by atoms with Crippen molar-refractivity contribution in [2.45, 2.75) is 31.9 Å². The lowest BCUT2D eigenvalue weighted by Gasteiger charge is -2.19. The summed E-state index contributed by atoms with van der Waals surface area (Å²) in [6.45, 7) is 3.87. The zero-order valence-electron chi connectivity index (χ0n) is 24.6. The number of fused-ring (bicyclic) bond motifs is 2. The molecule has 2 aromatic heterocycles. The Morgan fingerprint density at radius 2 is 2.04 bits per heavy atom. The largest absolute Gasteiger partial charge is 0.490 e. The number of carbonyl (C=O) groups is 1. The number of alkyl halides is 1. The quantitative estimate of drug-likeness (QED) is 0.112. The van der Waals surface area contributed by atoms with Crippen molar-refractivity contribution in [2.24, 2.45) is 0 Å². The fourth-order valence-corrected chi connectivity index (χ4v) is 6.71. The van der Waals surface area contributed by atoms with Crippen molar-refractivity contribution < 1.29 is 28.5 Å². The summed E-state index contributed by atoms with van der Waals surface area (Å²) in [4.78, 5) is 13.3. The third-order valence-corrected chi connectivity index (χ3v) is 9.08. The third kappa shape index (κ3) is 7.60. The number of hydrogen-bond acceptors (Lipinski definition) is 10. The molecule has 1 fully saturated rings. The minimum atomic E-state index is -1.18. The van der Waals surface area contributed by atoms with E-state index in [4.69, 9.17) is 25.8 Å². The van der Waals surface area contributed by atoms with Gasteiger partial charge in [-0.1, -0.05) is 12.1 Å². The highest BCUT2D eigenvalue weighted by molar-refractivity contribution is 7.17. The Morgan fingerprint density at radius 1 is 1.16 bits per heavy atom. The van der Waals surface area contributed by atoms with E-state index >= 15 is 0 Å². The first-order chi connectivity index (χ1) is 22.0. The van der Waals surface area contributed by atoms with Crippen molar-refractivity contribution in [2.75, 3.05) is 51.9 Å². The molecule has 2 aromatic carbocycles. The first-order valence-electron chi connectivity index (χ1n) is 15.0. The molecular formula is C32H35ClFN5O5S. The molecule has 1 amide bonds. The lowest BCUT2D eigenvalue weighted by Crippen LogP contribution is -2.38. The molecule has 6 rings (SSSR count).